The Morgan fingerprint density at radius 3 is 2.62 bits per heavy atom. The van der Waals surface area contributed by atoms with Crippen molar-refractivity contribution in [3.05, 3.63) is 35.4 Å². The van der Waals surface area contributed by atoms with E-state index in [1.807, 2.05) is 14.0 Å². The molecular weight excluding hydrogens is 277 g/mol. The molecule has 0 amide bonds. The summed E-state index contributed by atoms with van der Waals surface area (Å²) in [4.78, 5) is 2.18. The lowest BCUT2D eigenvalue weighted by Crippen LogP contribution is -2.42. The van der Waals surface area contributed by atoms with Crippen molar-refractivity contribution in [2.75, 3.05) is 26.7 Å². The van der Waals surface area contributed by atoms with Gasteiger partial charge in [0.2, 0.25) is 0 Å². The second-order valence-corrected chi connectivity index (χ2v) is 5.62. The second-order valence-electron chi connectivity index (χ2n) is 5.62. The Bertz CT molecular complexity index is 457. The van der Waals surface area contributed by atoms with Crippen LogP contribution in [-0.4, -0.2) is 31.6 Å². The van der Waals surface area contributed by atoms with E-state index >= 15 is 0 Å². The first-order valence-electron chi connectivity index (χ1n) is 7.53. The molecule has 5 heteroatoms. The van der Waals surface area contributed by atoms with Crippen molar-refractivity contribution < 1.29 is 13.2 Å². The maximum Gasteiger partial charge on any atom is 0.416 e. The number of nitrogens with zero attached hydrogens (tertiary/aromatic N) is 1. The van der Waals surface area contributed by atoms with Crippen LogP contribution in [0, 0.1) is 5.92 Å². The van der Waals surface area contributed by atoms with E-state index in [0.717, 1.165) is 32.5 Å². The minimum atomic E-state index is -4.29. The molecule has 0 aliphatic carbocycles. The highest BCUT2D eigenvalue weighted by Crippen LogP contribution is 2.41. The van der Waals surface area contributed by atoms with Gasteiger partial charge in [-0.15, -0.1) is 0 Å². The topological polar surface area (TPSA) is 15.3 Å². The number of rotatable bonds is 4. The fraction of sp³-hybridized carbons (Fsp3) is 0.625. The summed E-state index contributed by atoms with van der Waals surface area (Å²) in [5.74, 6) is 0.215. The molecule has 2 nitrogen and oxygen atoms in total. The standard InChI is InChI=1S/C16H23F3N2/c1-3-21-10-6-7-12(11-20-2)15(21)13-8-4-5-9-14(13)16(17,18)19/h4-5,8-9,12,15,20H,3,6-7,10-11H2,1-2H3. The highest BCUT2D eigenvalue weighted by atomic mass is 19.4. The van der Waals surface area contributed by atoms with Crippen molar-refractivity contribution >= 4 is 0 Å². The number of benzene rings is 1. The molecule has 0 aromatic heterocycles. The summed E-state index contributed by atoms with van der Waals surface area (Å²) in [5.41, 5.74) is -0.0664. The van der Waals surface area contributed by atoms with Gasteiger partial charge in [0.15, 0.2) is 0 Å². The number of alkyl halides is 3. The number of nitrogens with one attached hydrogen (secondary N) is 1. The maximum absolute atomic E-state index is 13.3. The van der Waals surface area contributed by atoms with E-state index < -0.39 is 11.7 Å². The lowest BCUT2D eigenvalue weighted by Gasteiger charge is -2.42. The summed E-state index contributed by atoms with van der Waals surface area (Å²) in [7, 11) is 1.86. The fourth-order valence-corrected chi connectivity index (χ4v) is 3.45. The Kier molecular flexibility index (Phi) is 5.27. The molecule has 0 bridgehead atoms. The quantitative estimate of drug-likeness (QED) is 0.912. The zero-order valence-corrected chi connectivity index (χ0v) is 12.6. The van der Waals surface area contributed by atoms with Gasteiger partial charge in [-0.1, -0.05) is 25.1 Å². The second kappa shape index (κ2) is 6.79. The zero-order valence-electron chi connectivity index (χ0n) is 12.6. The van der Waals surface area contributed by atoms with Gasteiger partial charge in [0.05, 0.1) is 5.56 Å². The monoisotopic (exact) mass is 300 g/mol. The Labute approximate surface area is 124 Å². The number of likely N-dealkylation sites (tertiary alicyclic amines) is 1. The summed E-state index contributed by atoms with van der Waals surface area (Å²) in [5, 5.41) is 3.13. The van der Waals surface area contributed by atoms with E-state index in [0.29, 0.717) is 5.56 Å². The van der Waals surface area contributed by atoms with Crippen molar-refractivity contribution in [3.8, 4) is 0 Å². The summed E-state index contributed by atoms with van der Waals surface area (Å²) in [6.07, 6.45) is -2.28. The van der Waals surface area contributed by atoms with E-state index in [-0.39, 0.29) is 12.0 Å². The van der Waals surface area contributed by atoms with Crippen molar-refractivity contribution in [3.63, 3.8) is 0 Å². The third-order valence-electron chi connectivity index (χ3n) is 4.32. The van der Waals surface area contributed by atoms with Gasteiger partial charge < -0.3 is 5.32 Å². The smallest absolute Gasteiger partial charge is 0.319 e. The first kappa shape index (κ1) is 16.3. The zero-order chi connectivity index (χ0) is 15.5. The van der Waals surface area contributed by atoms with Gasteiger partial charge in [0.1, 0.15) is 0 Å². The summed E-state index contributed by atoms with van der Waals surface area (Å²) >= 11 is 0. The molecule has 1 heterocycles. The van der Waals surface area contributed by atoms with E-state index in [1.165, 1.54) is 12.1 Å². The maximum atomic E-state index is 13.3. The first-order valence-corrected chi connectivity index (χ1v) is 7.53. The molecule has 0 saturated carbocycles. The van der Waals surface area contributed by atoms with Crippen LogP contribution in [0.15, 0.2) is 24.3 Å². The normalized spacial score (nSPS) is 24.2. The molecular formula is C16H23F3N2. The molecule has 1 aliphatic heterocycles. The molecule has 2 atom stereocenters. The van der Waals surface area contributed by atoms with Crippen LogP contribution in [0.1, 0.15) is 36.9 Å². The summed E-state index contributed by atoms with van der Waals surface area (Å²) in [6, 6.07) is 5.87. The molecule has 1 N–H and O–H groups in total. The molecule has 1 saturated heterocycles. The molecule has 1 aromatic carbocycles. The lowest BCUT2D eigenvalue weighted by molar-refractivity contribution is -0.139. The summed E-state index contributed by atoms with van der Waals surface area (Å²) < 4.78 is 39.9. The minimum Gasteiger partial charge on any atom is -0.319 e. The Balaban J connectivity index is 2.44. The van der Waals surface area contributed by atoms with Gasteiger partial charge in [0, 0.05) is 6.04 Å². The van der Waals surface area contributed by atoms with Gasteiger partial charge >= 0.3 is 6.18 Å². The Morgan fingerprint density at radius 1 is 1.29 bits per heavy atom. The van der Waals surface area contributed by atoms with Crippen LogP contribution in [0.25, 0.3) is 0 Å². The van der Waals surface area contributed by atoms with Crippen molar-refractivity contribution in [1.82, 2.24) is 10.2 Å². The highest BCUT2D eigenvalue weighted by Gasteiger charge is 2.39. The predicted octanol–water partition coefficient (Wildman–Crippen LogP) is 3.70. The molecule has 2 unspecified atom stereocenters. The van der Waals surface area contributed by atoms with Crippen LogP contribution in [0.3, 0.4) is 0 Å². The van der Waals surface area contributed by atoms with Gasteiger partial charge in [-0.3, -0.25) is 4.90 Å². The van der Waals surface area contributed by atoms with E-state index in [2.05, 4.69) is 10.2 Å². The number of piperidine rings is 1. The predicted molar refractivity (Wildman–Crippen MR) is 78.1 cm³/mol. The van der Waals surface area contributed by atoms with E-state index in [4.69, 9.17) is 0 Å². The average Bonchev–Trinajstić information content (AvgIpc) is 2.46. The van der Waals surface area contributed by atoms with Crippen LogP contribution >= 0.6 is 0 Å². The highest BCUT2D eigenvalue weighted by molar-refractivity contribution is 5.33. The Hall–Kier alpha value is -1.07. The van der Waals surface area contributed by atoms with Crippen LogP contribution in [0.4, 0.5) is 13.2 Å². The molecule has 1 fully saturated rings. The van der Waals surface area contributed by atoms with E-state index in [1.54, 1.807) is 12.1 Å². The van der Waals surface area contributed by atoms with Crippen LogP contribution < -0.4 is 5.32 Å². The summed E-state index contributed by atoms with van der Waals surface area (Å²) in [6.45, 7) is 4.41. The lowest BCUT2D eigenvalue weighted by atomic mass is 9.82. The van der Waals surface area contributed by atoms with Crippen molar-refractivity contribution in [2.45, 2.75) is 32.0 Å². The first-order chi connectivity index (χ1) is 9.99. The van der Waals surface area contributed by atoms with E-state index in [9.17, 15) is 13.2 Å². The van der Waals surface area contributed by atoms with Gasteiger partial charge in [0.25, 0.3) is 0 Å². The third kappa shape index (κ3) is 3.58. The molecule has 0 radical (unpaired) electrons. The largest absolute Gasteiger partial charge is 0.416 e. The number of hydrogen-bond donors (Lipinski definition) is 1. The third-order valence-corrected chi connectivity index (χ3v) is 4.32. The Morgan fingerprint density at radius 2 is 2.00 bits per heavy atom. The van der Waals surface area contributed by atoms with Crippen molar-refractivity contribution in [2.24, 2.45) is 5.92 Å². The van der Waals surface area contributed by atoms with Crippen LogP contribution in [0.2, 0.25) is 0 Å². The van der Waals surface area contributed by atoms with Crippen LogP contribution in [0.5, 0.6) is 0 Å². The SMILES string of the molecule is CCN1CCCC(CNC)C1c1ccccc1C(F)(F)F. The molecule has 21 heavy (non-hydrogen) atoms. The minimum absolute atomic E-state index is 0.158. The average molecular weight is 300 g/mol. The fourth-order valence-electron chi connectivity index (χ4n) is 3.45. The van der Waals surface area contributed by atoms with Gasteiger partial charge in [-0.2, -0.15) is 13.2 Å². The van der Waals surface area contributed by atoms with Crippen LogP contribution in [-0.2, 0) is 6.18 Å². The molecule has 1 aromatic rings. The number of hydrogen-bond acceptors (Lipinski definition) is 2. The van der Waals surface area contributed by atoms with Crippen molar-refractivity contribution in [1.29, 1.82) is 0 Å². The van der Waals surface area contributed by atoms with Gasteiger partial charge in [-0.25, -0.2) is 0 Å². The van der Waals surface area contributed by atoms with Gasteiger partial charge in [-0.05, 0) is 57.1 Å². The molecule has 118 valence electrons. The molecule has 0 spiro atoms. The molecule has 1 aliphatic rings. The molecule has 2 rings (SSSR count). The number of halogens is 3.